The van der Waals surface area contributed by atoms with Crippen molar-refractivity contribution in [3.8, 4) is 0 Å². The van der Waals surface area contributed by atoms with Gasteiger partial charge in [0.25, 0.3) is 0 Å². The number of aliphatic hydroxyl groups excluding tert-OH is 1. The molecule has 140 valence electrons. The van der Waals surface area contributed by atoms with E-state index in [2.05, 4.69) is 5.32 Å². The predicted octanol–water partition coefficient (Wildman–Crippen LogP) is 3.03. The van der Waals surface area contributed by atoms with Crippen molar-refractivity contribution in [2.45, 2.75) is 65.4 Å². The molecule has 2 atom stereocenters. The largest absolute Gasteiger partial charge is 0.458 e. The molecule has 0 spiro atoms. The summed E-state index contributed by atoms with van der Waals surface area (Å²) in [7, 11) is 0. The molecule has 6 heteroatoms. The van der Waals surface area contributed by atoms with Crippen LogP contribution in [-0.2, 0) is 20.9 Å². The molecule has 0 bridgehead atoms. The second kappa shape index (κ2) is 8.34. The summed E-state index contributed by atoms with van der Waals surface area (Å²) >= 11 is 0. The highest BCUT2D eigenvalue weighted by atomic mass is 16.6. The first-order valence-corrected chi connectivity index (χ1v) is 8.36. The molecule has 0 aliphatic rings. The predicted molar refractivity (Wildman–Crippen MR) is 94.9 cm³/mol. The third kappa shape index (κ3) is 6.38. The Hall–Kier alpha value is -2.08. The summed E-state index contributed by atoms with van der Waals surface area (Å²) in [5.41, 5.74) is -1.54. The standard InChI is InChI=1S/C19H29NO5/c1-13(2)15(21)19(6,16(22)25-18(3,4)5)20-17(23)24-12-14-10-8-7-9-11-14/h7-11,13,15,21H,12H2,1-6H3,(H,20,23)/t15-,19-/m1/s1. The second-order valence-electron chi connectivity index (χ2n) is 7.58. The molecule has 1 aromatic carbocycles. The number of carbonyl (C=O) groups is 2. The SMILES string of the molecule is CC(C)[C@@H](O)[C@@](C)(NC(=O)OCc1ccccc1)C(=O)OC(C)(C)C. The lowest BCUT2D eigenvalue weighted by Crippen LogP contribution is -2.62. The van der Waals surface area contributed by atoms with Crippen molar-refractivity contribution < 1.29 is 24.2 Å². The first-order chi connectivity index (χ1) is 11.5. The Morgan fingerprint density at radius 1 is 1.12 bits per heavy atom. The molecule has 2 N–H and O–H groups in total. The van der Waals surface area contributed by atoms with Crippen molar-refractivity contribution in [2.24, 2.45) is 5.92 Å². The van der Waals surface area contributed by atoms with Gasteiger partial charge in [-0.3, -0.25) is 0 Å². The van der Waals surface area contributed by atoms with Gasteiger partial charge in [-0.25, -0.2) is 9.59 Å². The zero-order valence-electron chi connectivity index (χ0n) is 15.8. The highest BCUT2D eigenvalue weighted by Crippen LogP contribution is 2.23. The van der Waals surface area contributed by atoms with Gasteiger partial charge in [0, 0.05) is 0 Å². The molecular weight excluding hydrogens is 322 g/mol. The first-order valence-electron chi connectivity index (χ1n) is 8.36. The van der Waals surface area contributed by atoms with Crippen molar-refractivity contribution >= 4 is 12.1 Å². The zero-order valence-corrected chi connectivity index (χ0v) is 15.8. The van der Waals surface area contributed by atoms with E-state index in [-0.39, 0.29) is 12.5 Å². The fourth-order valence-electron chi connectivity index (χ4n) is 2.27. The van der Waals surface area contributed by atoms with Crippen LogP contribution in [0, 0.1) is 5.92 Å². The number of hydrogen-bond donors (Lipinski definition) is 2. The maximum absolute atomic E-state index is 12.6. The smallest absolute Gasteiger partial charge is 0.408 e. The van der Waals surface area contributed by atoms with Crippen LogP contribution in [-0.4, -0.2) is 34.4 Å². The van der Waals surface area contributed by atoms with Crippen LogP contribution < -0.4 is 5.32 Å². The first kappa shape index (κ1) is 21.0. The van der Waals surface area contributed by atoms with Crippen LogP contribution in [0.2, 0.25) is 0 Å². The quantitative estimate of drug-likeness (QED) is 0.770. The minimum absolute atomic E-state index is 0.0643. The van der Waals surface area contributed by atoms with Gasteiger partial charge in [0.2, 0.25) is 0 Å². The maximum atomic E-state index is 12.6. The van der Waals surface area contributed by atoms with Gasteiger partial charge in [-0.05, 0) is 39.2 Å². The molecule has 25 heavy (non-hydrogen) atoms. The normalized spacial score (nSPS) is 15.2. The number of hydrogen-bond acceptors (Lipinski definition) is 5. The van der Waals surface area contributed by atoms with E-state index in [1.54, 1.807) is 34.6 Å². The lowest BCUT2D eigenvalue weighted by atomic mass is 9.87. The molecule has 0 aliphatic carbocycles. The van der Waals surface area contributed by atoms with Gasteiger partial charge in [0.15, 0.2) is 5.54 Å². The van der Waals surface area contributed by atoms with Gasteiger partial charge in [-0.15, -0.1) is 0 Å². The number of esters is 1. The molecule has 0 fully saturated rings. The Kier molecular flexibility index (Phi) is 6.99. The Labute approximate surface area is 149 Å². The zero-order chi connectivity index (χ0) is 19.3. The fraction of sp³-hybridized carbons (Fsp3) is 0.579. The molecule has 0 saturated heterocycles. The van der Waals surface area contributed by atoms with Gasteiger partial charge in [0.1, 0.15) is 12.2 Å². The number of benzene rings is 1. The fourth-order valence-corrected chi connectivity index (χ4v) is 2.27. The molecule has 0 saturated carbocycles. The minimum Gasteiger partial charge on any atom is -0.458 e. The molecule has 1 amide bonds. The van der Waals surface area contributed by atoms with E-state index in [1.165, 1.54) is 6.92 Å². The third-order valence-corrected chi connectivity index (χ3v) is 3.62. The summed E-state index contributed by atoms with van der Waals surface area (Å²) in [6, 6.07) is 9.18. The summed E-state index contributed by atoms with van der Waals surface area (Å²) in [6.45, 7) is 10.2. The summed E-state index contributed by atoms with van der Waals surface area (Å²) in [5, 5.41) is 13.0. The summed E-state index contributed by atoms with van der Waals surface area (Å²) < 4.78 is 10.5. The van der Waals surface area contributed by atoms with E-state index in [0.717, 1.165) is 5.56 Å². The lowest BCUT2D eigenvalue weighted by Gasteiger charge is -2.36. The van der Waals surface area contributed by atoms with Crippen molar-refractivity contribution in [2.75, 3.05) is 0 Å². The van der Waals surface area contributed by atoms with E-state index in [0.29, 0.717) is 0 Å². The van der Waals surface area contributed by atoms with Crippen LogP contribution in [0.15, 0.2) is 30.3 Å². The number of aliphatic hydroxyl groups is 1. The van der Waals surface area contributed by atoms with E-state index in [4.69, 9.17) is 9.47 Å². The van der Waals surface area contributed by atoms with Crippen LogP contribution in [0.1, 0.15) is 47.1 Å². The van der Waals surface area contributed by atoms with Gasteiger partial charge in [-0.2, -0.15) is 0 Å². The van der Waals surface area contributed by atoms with Gasteiger partial charge >= 0.3 is 12.1 Å². The van der Waals surface area contributed by atoms with E-state index in [9.17, 15) is 14.7 Å². The number of ether oxygens (including phenoxy) is 2. The molecule has 0 aromatic heterocycles. The Bertz CT molecular complexity index is 579. The average Bonchev–Trinajstić information content (AvgIpc) is 2.51. The third-order valence-electron chi connectivity index (χ3n) is 3.62. The Balaban J connectivity index is 2.85. The number of nitrogens with one attached hydrogen (secondary N) is 1. The molecule has 1 rings (SSSR count). The van der Waals surface area contributed by atoms with Crippen molar-refractivity contribution in [3.05, 3.63) is 35.9 Å². The molecule has 0 aliphatic heterocycles. The molecular formula is C19H29NO5. The summed E-state index contributed by atoms with van der Waals surface area (Å²) in [6.07, 6.45) is -1.93. The molecule has 6 nitrogen and oxygen atoms in total. The van der Waals surface area contributed by atoms with Gasteiger partial charge < -0.3 is 19.9 Å². The Morgan fingerprint density at radius 3 is 2.16 bits per heavy atom. The number of alkyl carbamates (subject to hydrolysis) is 1. The van der Waals surface area contributed by atoms with Crippen LogP contribution in [0.4, 0.5) is 4.79 Å². The molecule has 0 heterocycles. The van der Waals surface area contributed by atoms with Crippen molar-refractivity contribution in [1.82, 2.24) is 5.32 Å². The van der Waals surface area contributed by atoms with Gasteiger partial charge in [0.05, 0.1) is 6.10 Å². The van der Waals surface area contributed by atoms with Gasteiger partial charge in [-0.1, -0.05) is 44.2 Å². The lowest BCUT2D eigenvalue weighted by molar-refractivity contribution is -0.168. The summed E-state index contributed by atoms with van der Waals surface area (Å²) in [5.74, 6) is -0.982. The van der Waals surface area contributed by atoms with Crippen molar-refractivity contribution in [3.63, 3.8) is 0 Å². The maximum Gasteiger partial charge on any atom is 0.408 e. The molecule has 0 radical (unpaired) electrons. The summed E-state index contributed by atoms with van der Waals surface area (Å²) in [4.78, 5) is 24.8. The van der Waals surface area contributed by atoms with Crippen molar-refractivity contribution in [1.29, 1.82) is 0 Å². The van der Waals surface area contributed by atoms with Crippen LogP contribution in [0.5, 0.6) is 0 Å². The number of rotatable bonds is 6. The minimum atomic E-state index is -1.62. The Morgan fingerprint density at radius 2 is 1.68 bits per heavy atom. The molecule has 1 aromatic rings. The number of amides is 1. The van der Waals surface area contributed by atoms with Crippen LogP contribution >= 0.6 is 0 Å². The highest BCUT2D eigenvalue weighted by Gasteiger charge is 2.46. The number of carbonyl (C=O) groups excluding carboxylic acids is 2. The molecule has 0 unspecified atom stereocenters. The topological polar surface area (TPSA) is 84.9 Å². The van der Waals surface area contributed by atoms with E-state index in [1.807, 2.05) is 30.3 Å². The monoisotopic (exact) mass is 351 g/mol. The second-order valence-corrected chi connectivity index (χ2v) is 7.58. The van der Waals surface area contributed by atoms with Crippen LogP contribution in [0.3, 0.4) is 0 Å². The van der Waals surface area contributed by atoms with E-state index < -0.39 is 29.3 Å². The van der Waals surface area contributed by atoms with Crippen LogP contribution in [0.25, 0.3) is 0 Å². The average molecular weight is 351 g/mol. The van der Waals surface area contributed by atoms with E-state index >= 15 is 0 Å². The highest BCUT2D eigenvalue weighted by molar-refractivity contribution is 5.86.